The molecule has 64 valence electrons. The molecular weight excluding hydrogens is 171 g/mol. The second-order valence-electron chi connectivity index (χ2n) is 1.71. The predicted molar refractivity (Wildman–Crippen MR) is 37.6 cm³/mol. The second kappa shape index (κ2) is 4.28. The fourth-order valence-corrected chi connectivity index (χ4v) is 0.657. The van der Waals surface area contributed by atoms with Crippen LogP contribution in [0.1, 0.15) is 13.3 Å². The van der Waals surface area contributed by atoms with Gasteiger partial charge in [-0.2, -0.15) is 0 Å². The maximum absolute atomic E-state index is 10.4. The van der Waals surface area contributed by atoms with Crippen molar-refractivity contribution in [1.82, 2.24) is 0 Å². The summed E-state index contributed by atoms with van der Waals surface area (Å²) in [6.45, 7) is 1.78. The van der Waals surface area contributed by atoms with Gasteiger partial charge in [0.1, 0.15) is 0 Å². The van der Waals surface area contributed by atoms with Gasteiger partial charge in [-0.1, -0.05) is 13.0 Å². The van der Waals surface area contributed by atoms with E-state index in [0.717, 1.165) is 6.08 Å². The molecule has 0 amide bonds. The first-order valence-corrected chi connectivity index (χ1v) is 4.44. The molecule has 0 atom stereocenters. The Morgan fingerprint density at radius 2 is 2.18 bits per heavy atom. The van der Waals surface area contributed by atoms with Gasteiger partial charge in [-0.25, -0.2) is 9.36 Å². The Balaban J connectivity index is 3.90. The summed E-state index contributed by atoms with van der Waals surface area (Å²) in [5.74, 6) is -1.03. The molecular formula is C5H9O5P. The van der Waals surface area contributed by atoms with Crippen LogP contribution in [0.2, 0.25) is 0 Å². The summed E-state index contributed by atoms with van der Waals surface area (Å²) in [5.41, 5.74) is 0. The molecule has 0 aliphatic rings. The molecule has 0 aromatic rings. The van der Waals surface area contributed by atoms with Gasteiger partial charge in [-0.3, -0.25) is 9.79 Å². The number of carbonyl (C=O) groups is 1. The molecule has 2 N–H and O–H groups in total. The van der Waals surface area contributed by atoms with Gasteiger partial charge in [0.15, 0.2) is 0 Å². The molecule has 0 aromatic carbocycles. The highest BCUT2D eigenvalue weighted by Crippen LogP contribution is 2.35. The second-order valence-corrected chi connectivity index (χ2v) is 2.88. The summed E-state index contributed by atoms with van der Waals surface area (Å²) in [4.78, 5) is 26.7. The van der Waals surface area contributed by atoms with Crippen LogP contribution >= 0.6 is 7.82 Å². The van der Waals surface area contributed by atoms with Crippen LogP contribution in [0.4, 0.5) is 0 Å². The van der Waals surface area contributed by atoms with Crippen molar-refractivity contribution in [3.63, 3.8) is 0 Å². The molecule has 0 aromatic heterocycles. The quantitative estimate of drug-likeness (QED) is 0.490. The first-order chi connectivity index (χ1) is 4.95. The summed E-state index contributed by atoms with van der Waals surface area (Å²) < 4.78 is 13.7. The van der Waals surface area contributed by atoms with Crippen molar-refractivity contribution in [2.45, 2.75) is 13.3 Å². The third kappa shape index (κ3) is 7.25. The number of carbonyl (C=O) groups excluding carboxylic acids is 1. The van der Waals surface area contributed by atoms with Gasteiger partial charge < -0.3 is 4.52 Å². The van der Waals surface area contributed by atoms with Crippen molar-refractivity contribution >= 4 is 13.8 Å². The van der Waals surface area contributed by atoms with Crippen LogP contribution in [-0.4, -0.2) is 15.8 Å². The zero-order valence-corrected chi connectivity index (χ0v) is 6.82. The molecule has 6 heteroatoms. The number of rotatable bonds is 3. The minimum Gasteiger partial charge on any atom is -0.367 e. The number of phosphoric ester groups is 1. The Bertz CT molecular complexity index is 203. The lowest BCUT2D eigenvalue weighted by atomic mass is 10.4. The van der Waals surface area contributed by atoms with E-state index in [1.807, 2.05) is 0 Å². The highest BCUT2D eigenvalue weighted by atomic mass is 31.2. The Kier molecular flexibility index (Phi) is 4.03. The fourth-order valence-electron chi connectivity index (χ4n) is 0.362. The molecule has 0 radical (unpaired) electrons. The molecule has 0 aliphatic heterocycles. The molecule has 0 saturated heterocycles. The van der Waals surface area contributed by atoms with Crippen molar-refractivity contribution in [3.05, 3.63) is 12.2 Å². The molecule has 0 rings (SSSR count). The maximum atomic E-state index is 10.4. The van der Waals surface area contributed by atoms with E-state index in [0.29, 0.717) is 6.42 Å². The third-order valence-electron chi connectivity index (χ3n) is 0.699. The largest absolute Gasteiger partial charge is 0.527 e. The van der Waals surface area contributed by atoms with E-state index >= 15 is 0 Å². The normalized spacial score (nSPS) is 11.9. The van der Waals surface area contributed by atoms with E-state index < -0.39 is 13.8 Å². The van der Waals surface area contributed by atoms with Crippen LogP contribution in [0.15, 0.2) is 12.2 Å². The van der Waals surface area contributed by atoms with Gasteiger partial charge in [-0.05, 0) is 6.42 Å². The molecule has 0 saturated carbocycles. The van der Waals surface area contributed by atoms with Gasteiger partial charge in [0.2, 0.25) is 0 Å². The minimum absolute atomic E-state index is 0.607. The van der Waals surface area contributed by atoms with E-state index in [-0.39, 0.29) is 0 Å². The Labute approximate surface area is 63.9 Å². The van der Waals surface area contributed by atoms with Crippen LogP contribution in [-0.2, 0) is 13.9 Å². The molecule has 0 heterocycles. The van der Waals surface area contributed by atoms with Crippen molar-refractivity contribution in [2.75, 3.05) is 0 Å². The van der Waals surface area contributed by atoms with Crippen LogP contribution in [0.25, 0.3) is 0 Å². The first-order valence-electron chi connectivity index (χ1n) is 2.91. The summed E-state index contributed by atoms with van der Waals surface area (Å²) in [6.07, 6.45) is 3.02. The van der Waals surface area contributed by atoms with Crippen molar-refractivity contribution in [1.29, 1.82) is 0 Å². The topological polar surface area (TPSA) is 83.8 Å². The summed E-state index contributed by atoms with van der Waals surface area (Å²) in [7, 11) is -4.66. The summed E-state index contributed by atoms with van der Waals surface area (Å²) in [5, 5.41) is 0. The number of allylic oxidation sites excluding steroid dienone is 1. The van der Waals surface area contributed by atoms with E-state index in [2.05, 4.69) is 4.52 Å². The lowest BCUT2D eigenvalue weighted by Gasteiger charge is -2.00. The predicted octanol–water partition coefficient (Wildman–Crippen LogP) is 0.589. The van der Waals surface area contributed by atoms with E-state index in [1.165, 1.54) is 6.08 Å². The van der Waals surface area contributed by atoms with Crippen LogP contribution < -0.4 is 0 Å². The maximum Gasteiger partial charge on any atom is 0.527 e. The van der Waals surface area contributed by atoms with E-state index in [4.69, 9.17) is 9.79 Å². The monoisotopic (exact) mass is 180 g/mol. The third-order valence-corrected chi connectivity index (χ3v) is 1.12. The zero-order chi connectivity index (χ0) is 8.91. The van der Waals surface area contributed by atoms with Gasteiger partial charge >= 0.3 is 13.8 Å². The highest BCUT2D eigenvalue weighted by molar-refractivity contribution is 7.46. The van der Waals surface area contributed by atoms with Gasteiger partial charge in [-0.15, -0.1) is 0 Å². The standard InChI is InChI=1S/C5H9O5P/c1-2-3-4-5(6)10-11(7,8)9/h3-4H,2H2,1H3,(H2,7,8,9)/b4-3+. The molecule has 11 heavy (non-hydrogen) atoms. The molecule has 0 bridgehead atoms. The van der Waals surface area contributed by atoms with Crippen molar-refractivity contribution in [3.8, 4) is 0 Å². The lowest BCUT2D eigenvalue weighted by Crippen LogP contribution is -1.97. The molecule has 0 aliphatic carbocycles. The highest BCUT2D eigenvalue weighted by Gasteiger charge is 2.17. The van der Waals surface area contributed by atoms with Crippen LogP contribution in [0, 0.1) is 0 Å². The average molecular weight is 180 g/mol. The van der Waals surface area contributed by atoms with Gasteiger partial charge in [0.05, 0.1) is 0 Å². The van der Waals surface area contributed by atoms with Crippen molar-refractivity contribution in [2.24, 2.45) is 0 Å². The molecule has 0 spiro atoms. The van der Waals surface area contributed by atoms with Gasteiger partial charge in [0, 0.05) is 6.08 Å². The molecule has 0 unspecified atom stereocenters. The summed E-state index contributed by atoms with van der Waals surface area (Å²) in [6, 6.07) is 0. The number of phosphoric acid groups is 1. The average Bonchev–Trinajstić information content (AvgIpc) is 1.79. The SMILES string of the molecule is CC/C=C/C(=O)OP(=O)(O)O. The first kappa shape index (κ1) is 10.4. The fraction of sp³-hybridized carbons (Fsp3) is 0.400. The number of hydrogen-bond donors (Lipinski definition) is 2. The Morgan fingerprint density at radius 1 is 1.64 bits per heavy atom. The van der Waals surface area contributed by atoms with Crippen LogP contribution in [0.3, 0.4) is 0 Å². The Hall–Kier alpha value is -0.640. The smallest absolute Gasteiger partial charge is 0.367 e. The van der Waals surface area contributed by atoms with Crippen LogP contribution in [0.5, 0.6) is 0 Å². The van der Waals surface area contributed by atoms with Crippen molar-refractivity contribution < 1.29 is 23.7 Å². The summed E-state index contributed by atoms with van der Waals surface area (Å²) >= 11 is 0. The van der Waals surface area contributed by atoms with E-state index in [9.17, 15) is 9.36 Å². The molecule has 5 nitrogen and oxygen atoms in total. The lowest BCUT2D eigenvalue weighted by molar-refractivity contribution is -0.130. The number of hydrogen-bond acceptors (Lipinski definition) is 3. The zero-order valence-electron chi connectivity index (χ0n) is 5.93. The van der Waals surface area contributed by atoms with E-state index in [1.54, 1.807) is 6.92 Å². The Morgan fingerprint density at radius 3 is 2.55 bits per heavy atom. The molecule has 0 fully saturated rings. The minimum atomic E-state index is -4.66. The van der Waals surface area contributed by atoms with Gasteiger partial charge in [0.25, 0.3) is 0 Å².